The monoisotopic (exact) mass is 497 g/mol. The quantitative estimate of drug-likeness (QED) is 0.556. The number of carboxylic acid groups (broad SMARTS) is 1. The number of ether oxygens (including phenoxy) is 1. The highest BCUT2D eigenvalue weighted by molar-refractivity contribution is 7.99. The van der Waals surface area contributed by atoms with Crippen molar-refractivity contribution in [2.45, 2.75) is 36.5 Å². The van der Waals surface area contributed by atoms with E-state index in [2.05, 4.69) is 13.8 Å². The molecule has 0 spiro atoms. The van der Waals surface area contributed by atoms with Gasteiger partial charge in [-0.1, -0.05) is 37.6 Å². The Hall–Kier alpha value is -1.74. The minimum absolute atomic E-state index is 0.0905. The lowest BCUT2D eigenvalue weighted by atomic mass is 9.90. The number of halogens is 1. The molecule has 0 unspecified atom stereocenters. The molecular formula is C23H28ClNO5S2. The third kappa shape index (κ3) is 5.60. The van der Waals surface area contributed by atoms with E-state index in [1.807, 2.05) is 12.1 Å². The summed E-state index contributed by atoms with van der Waals surface area (Å²) in [5, 5.41) is 10.2. The van der Waals surface area contributed by atoms with Gasteiger partial charge in [-0.3, -0.25) is 4.79 Å². The molecule has 3 atom stereocenters. The zero-order valence-corrected chi connectivity index (χ0v) is 20.7. The topological polar surface area (TPSA) is 83.9 Å². The third-order valence-corrected chi connectivity index (χ3v) is 9.46. The number of nitrogens with zero attached hydrogens (tertiary/aromatic N) is 1. The molecule has 0 aromatic heterocycles. The average molecular weight is 498 g/mol. The van der Waals surface area contributed by atoms with E-state index in [0.717, 1.165) is 11.3 Å². The molecule has 0 saturated carbocycles. The number of hydrogen-bond donors (Lipinski definition) is 1. The molecule has 0 amide bonds. The number of benzene rings is 2. The molecule has 2 aromatic rings. The van der Waals surface area contributed by atoms with Crippen molar-refractivity contribution in [3.8, 4) is 5.75 Å². The Labute approximate surface area is 199 Å². The van der Waals surface area contributed by atoms with Crippen molar-refractivity contribution in [1.82, 2.24) is 4.31 Å². The zero-order valence-electron chi connectivity index (χ0n) is 18.3. The molecule has 9 heteroatoms. The highest BCUT2D eigenvalue weighted by atomic mass is 35.5. The smallest absolute Gasteiger partial charge is 0.308 e. The van der Waals surface area contributed by atoms with Crippen molar-refractivity contribution in [2.24, 2.45) is 11.8 Å². The van der Waals surface area contributed by atoms with Crippen LogP contribution in [0.25, 0.3) is 0 Å². The lowest BCUT2D eigenvalue weighted by Gasteiger charge is -2.42. The SMILES string of the molecule is COc1ccc([C@@H]2C[C@@H](SCC(C)C)[C@H](C(=O)O)CN2S(=O)(=O)c2ccc(Cl)cc2)cc1. The minimum Gasteiger partial charge on any atom is -0.497 e. The summed E-state index contributed by atoms with van der Waals surface area (Å²) >= 11 is 7.56. The van der Waals surface area contributed by atoms with Crippen LogP contribution in [0.15, 0.2) is 53.4 Å². The van der Waals surface area contributed by atoms with E-state index in [4.69, 9.17) is 16.3 Å². The fourth-order valence-electron chi connectivity index (χ4n) is 3.81. The van der Waals surface area contributed by atoms with Crippen LogP contribution in [0.1, 0.15) is 31.9 Å². The lowest BCUT2D eigenvalue weighted by molar-refractivity contribution is -0.143. The average Bonchev–Trinajstić information content (AvgIpc) is 2.77. The first-order chi connectivity index (χ1) is 15.1. The summed E-state index contributed by atoms with van der Waals surface area (Å²) in [7, 11) is -2.37. The first-order valence-corrected chi connectivity index (χ1v) is 13.3. The molecule has 2 aromatic carbocycles. The molecule has 0 aliphatic carbocycles. The van der Waals surface area contributed by atoms with Gasteiger partial charge in [-0.2, -0.15) is 16.1 Å². The molecule has 1 saturated heterocycles. The standard InChI is InChI=1S/C23H28ClNO5S2/c1-15(2)14-31-22-12-21(16-4-8-18(30-3)9-5-16)25(13-20(22)23(26)27)32(28,29)19-10-6-17(24)7-11-19/h4-11,15,20-22H,12-14H2,1-3H3,(H,26,27)/t20-,21+,22-/m1/s1. The summed E-state index contributed by atoms with van der Waals surface area (Å²) in [6.07, 6.45) is 0.410. The molecule has 3 rings (SSSR count). The minimum atomic E-state index is -3.94. The van der Waals surface area contributed by atoms with Crippen LogP contribution in [0.3, 0.4) is 0 Å². The van der Waals surface area contributed by atoms with Crippen molar-refractivity contribution in [1.29, 1.82) is 0 Å². The van der Waals surface area contributed by atoms with E-state index in [1.54, 1.807) is 31.0 Å². The van der Waals surface area contributed by atoms with Crippen LogP contribution in [0.2, 0.25) is 5.02 Å². The number of rotatable bonds is 8. The van der Waals surface area contributed by atoms with E-state index >= 15 is 0 Å². The van der Waals surface area contributed by atoms with Crippen LogP contribution >= 0.6 is 23.4 Å². The summed E-state index contributed by atoms with van der Waals surface area (Å²) in [5.41, 5.74) is 0.808. The first-order valence-electron chi connectivity index (χ1n) is 10.4. The second-order valence-corrected chi connectivity index (χ2v) is 11.9. The van der Waals surface area contributed by atoms with Gasteiger partial charge in [0.15, 0.2) is 0 Å². The number of sulfonamides is 1. The second kappa shape index (κ2) is 10.5. The number of aliphatic carboxylic acids is 1. The van der Waals surface area contributed by atoms with E-state index in [-0.39, 0.29) is 16.7 Å². The van der Waals surface area contributed by atoms with Crippen LogP contribution in [0.4, 0.5) is 0 Å². The van der Waals surface area contributed by atoms with Gasteiger partial charge < -0.3 is 9.84 Å². The number of carbonyl (C=O) groups is 1. The predicted octanol–water partition coefficient (Wildman–Crippen LogP) is 4.94. The maximum atomic E-state index is 13.6. The van der Waals surface area contributed by atoms with Crippen LogP contribution in [0.5, 0.6) is 5.75 Å². The van der Waals surface area contributed by atoms with Crippen molar-refractivity contribution < 1.29 is 23.1 Å². The van der Waals surface area contributed by atoms with Gasteiger partial charge in [-0.25, -0.2) is 8.42 Å². The van der Waals surface area contributed by atoms with Crippen molar-refractivity contribution in [2.75, 3.05) is 19.4 Å². The summed E-state index contributed by atoms with van der Waals surface area (Å²) in [4.78, 5) is 12.2. The molecule has 6 nitrogen and oxygen atoms in total. The van der Waals surface area contributed by atoms with Gasteiger partial charge in [0.05, 0.1) is 24.0 Å². The van der Waals surface area contributed by atoms with E-state index in [9.17, 15) is 18.3 Å². The summed E-state index contributed by atoms with van der Waals surface area (Å²) < 4.78 is 33.8. The van der Waals surface area contributed by atoms with Gasteiger partial charge >= 0.3 is 5.97 Å². The van der Waals surface area contributed by atoms with Gasteiger partial charge in [0.2, 0.25) is 10.0 Å². The molecule has 0 bridgehead atoms. The molecular weight excluding hydrogens is 470 g/mol. The van der Waals surface area contributed by atoms with Crippen LogP contribution in [0, 0.1) is 11.8 Å². The number of carboxylic acids is 1. The van der Waals surface area contributed by atoms with E-state index in [0.29, 0.717) is 23.1 Å². The lowest BCUT2D eigenvalue weighted by Crippen LogP contribution is -2.49. The van der Waals surface area contributed by atoms with Crippen molar-refractivity contribution >= 4 is 39.4 Å². The van der Waals surface area contributed by atoms with Crippen LogP contribution < -0.4 is 4.74 Å². The Morgan fingerprint density at radius 2 is 1.81 bits per heavy atom. The normalized spacial score (nSPS) is 22.1. The number of piperidine rings is 1. The van der Waals surface area contributed by atoms with Gasteiger partial charge in [-0.05, 0) is 60.1 Å². The summed E-state index contributed by atoms with van der Waals surface area (Å²) in [5.74, 6) is 0.120. The molecule has 32 heavy (non-hydrogen) atoms. The molecule has 1 aliphatic heterocycles. The van der Waals surface area contributed by atoms with Gasteiger partial charge in [0.1, 0.15) is 5.75 Å². The second-order valence-electron chi connectivity index (χ2n) is 8.26. The largest absolute Gasteiger partial charge is 0.497 e. The Kier molecular flexibility index (Phi) is 8.14. The van der Waals surface area contributed by atoms with Crippen LogP contribution in [-0.2, 0) is 14.8 Å². The van der Waals surface area contributed by atoms with Gasteiger partial charge in [-0.15, -0.1) is 0 Å². The fourth-order valence-corrected chi connectivity index (χ4v) is 6.98. The fraction of sp³-hybridized carbons (Fsp3) is 0.435. The van der Waals surface area contributed by atoms with E-state index in [1.165, 1.54) is 28.6 Å². The van der Waals surface area contributed by atoms with Crippen molar-refractivity contribution in [3.63, 3.8) is 0 Å². The Balaban J connectivity index is 2.03. The highest BCUT2D eigenvalue weighted by Gasteiger charge is 2.45. The predicted molar refractivity (Wildman–Crippen MR) is 128 cm³/mol. The molecule has 1 heterocycles. The third-order valence-electron chi connectivity index (χ3n) is 5.51. The number of thioether (sulfide) groups is 1. The molecule has 1 N–H and O–H groups in total. The van der Waals surface area contributed by atoms with Crippen molar-refractivity contribution in [3.05, 3.63) is 59.1 Å². The van der Waals surface area contributed by atoms with Gasteiger partial charge in [0.25, 0.3) is 0 Å². The number of methoxy groups -OCH3 is 1. The molecule has 1 fully saturated rings. The summed E-state index contributed by atoms with van der Waals surface area (Å²) in [6.45, 7) is 4.08. The molecule has 1 aliphatic rings. The summed E-state index contributed by atoms with van der Waals surface area (Å²) in [6, 6.07) is 12.8. The highest BCUT2D eigenvalue weighted by Crippen LogP contribution is 2.43. The maximum Gasteiger partial charge on any atom is 0.308 e. The Bertz CT molecular complexity index is 1030. The van der Waals surface area contributed by atoms with E-state index < -0.39 is 28.0 Å². The molecule has 0 radical (unpaired) electrons. The van der Waals surface area contributed by atoms with Crippen LogP contribution in [-0.4, -0.2) is 48.5 Å². The molecule has 174 valence electrons. The zero-order chi connectivity index (χ0) is 23.5. The Morgan fingerprint density at radius 3 is 2.34 bits per heavy atom. The maximum absolute atomic E-state index is 13.6. The number of hydrogen-bond acceptors (Lipinski definition) is 5. The first kappa shape index (κ1) is 24.9. The van der Waals surface area contributed by atoms with Gasteiger partial charge in [0, 0.05) is 16.8 Å². The Morgan fingerprint density at radius 1 is 1.19 bits per heavy atom.